The van der Waals surface area contributed by atoms with Gasteiger partial charge in [-0.05, 0) is 24.1 Å². The summed E-state index contributed by atoms with van der Waals surface area (Å²) >= 11 is 0. The maximum atomic E-state index is 11.9. The lowest BCUT2D eigenvalue weighted by atomic mass is 10.1. The smallest absolute Gasteiger partial charge is 0.253 e. The van der Waals surface area contributed by atoms with Crippen molar-refractivity contribution in [1.29, 1.82) is 0 Å². The van der Waals surface area contributed by atoms with Gasteiger partial charge in [0, 0.05) is 12.4 Å². The zero-order valence-electron chi connectivity index (χ0n) is 10.5. The van der Waals surface area contributed by atoms with Crippen molar-refractivity contribution >= 4 is 5.91 Å². The SMILES string of the molecule is O=C(NC(CO)Cc1ccccc1)c1cccnc1. The van der Waals surface area contributed by atoms with Crippen molar-refractivity contribution in [3.05, 3.63) is 66.0 Å². The number of aliphatic hydroxyl groups is 1. The van der Waals surface area contributed by atoms with Crippen molar-refractivity contribution in [3.8, 4) is 0 Å². The van der Waals surface area contributed by atoms with Crippen molar-refractivity contribution in [2.45, 2.75) is 12.5 Å². The Morgan fingerprint density at radius 2 is 2.00 bits per heavy atom. The summed E-state index contributed by atoms with van der Waals surface area (Å²) in [6, 6.07) is 12.9. The standard InChI is InChI=1S/C15H16N2O2/c18-11-14(9-12-5-2-1-3-6-12)17-15(19)13-7-4-8-16-10-13/h1-8,10,14,18H,9,11H2,(H,17,19). The minimum absolute atomic E-state index is 0.0963. The number of nitrogens with zero attached hydrogens (tertiary/aromatic N) is 1. The number of nitrogens with one attached hydrogen (secondary N) is 1. The summed E-state index contributed by atoms with van der Waals surface area (Å²) < 4.78 is 0. The molecule has 0 aliphatic carbocycles. The van der Waals surface area contributed by atoms with E-state index < -0.39 is 0 Å². The Kier molecular flexibility index (Phi) is 4.64. The second-order valence-corrected chi connectivity index (χ2v) is 4.28. The predicted molar refractivity (Wildman–Crippen MR) is 72.7 cm³/mol. The summed E-state index contributed by atoms with van der Waals surface area (Å²) in [5.74, 6) is -0.219. The summed E-state index contributed by atoms with van der Waals surface area (Å²) in [5.41, 5.74) is 1.57. The number of carbonyl (C=O) groups is 1. The third-order valence-corrected chi connectivity index (χ3v) is 2.80. The number of rotatable bonds is 5. The monoisotopic (exact) mass is 256 g/mol. The lowest BCUT2D eigenvalue weighted by Gasteiger charge is -2.16. The molecule has 0 fully saturated rings. The molecule has 1 unspecified atom stereocenters. The van der Waals surface area contributed by atoms with Crippen LogP contribution in [0.3, 0.4) is 0 Å². The van der Waals surface area contributed by atoms with E-state index >= 15 is 0 Å². The van der Waals surface area contributed by atoms with E-state index in [0.29, 0.717) is 12.0 Å². The van der Waals surface area contributed by atoms with Crippen LogP contribution in [0.15, 0.2) is 54.9 Å². The quantitative estimate of drug-likeness (QED) is 0.850. The molecular formula is C15H16N2O2. The normalized spacial score (nSPS) is 11.8. The first-order chi connectivity index (χ1) is 9.29. The summed E-state index contributed by atoms with van der Waals surface area (Å²) in [4.78, 5) is 15.8. The topological polar surface area (TPSA) is 62.2 Å². The van der Waals surface area contributed by atoms with E-state index in [1.807, 2.05) is 30.3 Å². The predicted octanol–water partition coefficient (Wildman–Crippen LogP) is 1.41. The molecule has 0 radical (unpaired) electrons. The molecule has 2 N–H and O–H groups in total. The second-order valence-electron chi connectivity index (χ2n) is 4.28. The van der Waals surface area contributed by atoms with Gasteiger partial charge in [-0.3, -0.25) is 9.78 Å². The summed E-state index contributed by atoms with van der Waals surface area (Å²) in [6.45, 7) is -0.0963. The minimum atomic E-state index is -0.296. The van der Waals surface area contributed by atoms with Crippen LogP contribution in [0.25, 0.3) is 0 Å². The molecule has 0 aliphatic heterocycles. The minimum Gasteiger partial charge on any atom is -0.394 e. The van der Waals surface area contributed by atoms with Gasteiger partial charge in [0.05, 0.1) is 18.2 Å². The summed E-state index contributed by atoms with van der Waals surface area (Å²) in [6.07, 6.45) is 3.72. The average molecular weight is 256 g/mol. The van der Waals surface area contributed by atoms with Crippen LogP contribution in [0.2, 0.25) is 0 Å². The van der Waals surface area contributed by atoms with Gasteiger partial charge in [-0.2, -0.15) is 0 Å². The molecule has 19 heavy (non-hydrogen) atoms. The molecule has 1 heterocycles. The van der Waals surface area contributed by atoms with E-state index in [9.17, 15) is 9.90 Å². The maximum absolute atomic E-state index is 11.9. The van der Waals surface area contributed by atoms with Crippen molar-refractivity contribution < 1.29 is 9.90 Å². The Bertz CT molecular complexity index is 514. The molecular weight excluding hydrogens is 240 g/mol. The molecule has 0 spiro atoms. The van der Waals surface area contributed by atoms with Gasteiger partial charge >= 0.3 is 0 Å². The van der Waals surface area contributed by atoms with Gasteiger partial charge < -0.3 is 10.4 Å². The van der Waals surface area contributed by atoms with Crippen molar-refractivity contribution in [3.63, 3.8) is 0 Å². The van der Waals surface area contributed by atoms with Crippen LogP contribution in [-0.2, 0) is 6.42 Å². The van der Waals surface area contributed by atoms with Crippen molar-refractivity contribution in [1.82, 2.24) is 10.3 Å². The number of pyridine rings is 1. The Morgan fingerprint density at radius 3 is 2.63 bits per heavy atom. The Balaban J connectivity index is 1.98. The molecule has 1 amide bonds. The van der Waals surface area contributed by atoms with Crippen LogP contribution in [0.4, 0.5) is 0 Å². The van der Waals surface area contributed by atoms with Gasteiger partial charge in [-0.1, -0.05) is 30.3 Å². The van der Waals surface area contributed by atoms with E-state index in [0.717, 1.165) is 5.56 Å². The lowest BCUT2D eigenvalue weighted by molar-refractivity contribution is 0.0916. The third-order valence-electron chi connectivity index (χ3n) is 2.80. The van der Waals surface area contributed by atoms with E-state index in [1.54, 1.807) is 18.3 Å². The Labute approximate surface area is 112 Å². The Hall–Kier alpha value is -2.20. The van der Waals surface area contributed by atoms with E-state index in [-0.39, 0.29) is 18.6 Å². The zero-order chi connectivity index (χ0) is 13.5. The highest BCUT2D eigenvalue weighted by molar-refractivity contribution is 5.94. The average Bonchev–Trinajstić information content (AvgIpc) is 2.48. The number of aromatic nitrogens is 1. The molecule has 0 aliphatic rings. The molecule has 0 bridgehead atoms. The number of hydrogen-bond donors (Lipinski definition) is 2. The first-order valence-electron chi connectivity index (χ1n) is 6.15. The fraction of sp³-hybridized carbons (Fsp3) is 0.200. The lowest BCUT2D eigenvalue weighted by Crippen LogP contribution is -2.39. The van der Waals surface area contributed by atoms with Gasteiger partial charge in [-0.25, -0.2) is 0 Å². The molecule has 0 saturated heterocycles. The van der Waals surface area contributed by atoms with Crippen LogP contribution in [0, 0.1) is 0 Å². The first-order valence-corrected chi connectivity index (χ1v) is 6.15. The van der Waals surface area contributed by atoms with Gasteiger partial charge in [0.25, 0.3) is 5.91 Å². The molecule has 1 aromatic heterocycles. The number of amides is 1. The van der Waals surface area contributed by atoms with Crippen LogP contribution < -0.4 is 5.32 Å². The van der Waals surface area contributed by atoms with Crippen LogP contribution >= 0.6 is 0 Å². The molecule has 4 heteroatoms. The highest BCUT2D eigenvalue weighted by Crippen LogP contribution is 2.04. The van der Waals surface area contributed by atoms with Gasteiger partial charge in [-0.15, -0.1) is 0 Å². The van der Waals surface area contributed by atoms with Crippen molar-refractivity contribution in [2.75, 3.05) is 6.61 Å². The van der Waals surface area contributed by atoms with Gasteiger partial charge in [0.1, 0.15) is 0 Å². The Morgan fingerprint density at radius 1 is 1.21 bits per heavy atom. The summed E-state index contributed by atoms with van der Waals surface area (Å²) in [5, 5.41) is 12.2. The highest BCUT2D eigenvalue weighted by Gasteiger charge is 2.13. The molecule has 2 aromatic rings. The van der Waals surface area contributed by atoms with E-state index in [4.69, 9.17) is 0 Å². The van der Waals surface area contributed by atoms with Gasteiger partial charge in [0.15, 0.2) is 0 Å². The highest BCUT2D eigenvalue weighted by atomic mass is 16.3. The third kappa shape index (κ3) is 3.89. The second kappa shape index (κ2) is 6.66. The number of aliphatic hydroxyl groups excluding tert-OH is 1. The molecule has 0 saturated carbocycles. The zero-order valence-corrected chi connectivity index (χ0v) is 10.5. The molecule has 4 nitrogen and oxygen atoms in total. The molecule has 2 rings (SSSR count). The van der Waals surface area contributed by atoms with Crippen LogP contribution in [0.5, 0.6) is 0 Å². The van der Waals surface area contributed by atoms with E-state index in [1.165, 1.54) is 6.20 Å². The largest absolute Gasteiger partial charge is 0.394 e. The van der Waals surface area contributed by atoms with Crippen molar-refractivity contribution in [2.24, 2.45) is 0 Å². The molecule has 98 valence electrons. The number of benzene rings is 1. The fourth-order valence-electron chi connectivity index (χ4n) is 1.83. The van der Waals surface area contributed by atoms with Crippen LogP contribution in [-0.4, -0.2) is 28.6 Å². The van der Waals surface area contributed by atoms with Gasteiger partial charge in [0.2, 0.25) is 0 Å². The maximum Gasteiger partial charge on any atom is 0.253 e. The van der Waals surface area contributed by atoms with E-state index in [2.05, 4.69) is 10.3 Å². The van der Waals surface area contributed by atoms with Crippen LogP contribution in [0.1, 0.15) is 15.9 Å². The molecule has 1 atom stereocenters. The summed E-state index contributed by atoms with van der Waals surface area (Å²) in [7, 11) is 0. The first kappa shape index (κ1) is 13.2. The number of hydrogen-bond acceptors (Lipinski definition) is 3. The number of carbonyl (C=O) groups excluding carboxylic acids is 1. The molecule has 1 aromatic carbocycles. The fourth-order valence-corrected chi connectivity index (χ4v) is 1.83.